The van der Waals surface area contributed by atoms with Crippen molar-refractivity contribution in [2.24, 2.45) is 5.73 Å². The van der Waals surface area contributed by atoms with E-state index < -0.39 is 0 Å². The first-order valence-corrected chi connectivity index (χ1v) is 5.09. The van der Waals surface area contributed by atoms with Gasteiger partial charge in [0.05, 0.1) is 0 Å². The normalized spacial score (nSPS) is 12.1. The van der Waals surface area contributed by atoms with E-state index in [1.165, 1.54) is 12.1 Å². The Morgan fingerprint density at radius 1 is 1.38 bits per heavy atom. The molecule has 1 aromatic rings. The molecule has 0 saturated heterocycles. The van der Waals surface area contributed by atoms with Crippen LogP contribution in [0.2, 0.25) is 0 Å². The Hall–Kier alpha value is -1.75. The van der Waals surface area contributed by atoms with E-state index in [4.69, 9.17) is 5.73 Å². The van der Waals surface area contributed by atoms with Gasteiger partial charge in [0.1, 0.15) is 11.5 Å². The van der Waals surface area contributed by atoms with Gasteiger partial charge >= 0.3 is 0 Å². The third kappa shape index (κ3) is 3.43. The molecule has 0 aliphatic rings. The fourth-order valence-corrected chi connectivity index (χ4v) is 1.20. The molecule has 1 aromatic carbocycles. The molecule has 16 heavy (non-hydrogen) atoms. The van der Waals surface area contributed by atoms with Gasteiger partial charge < -0.3 is 21.3 Å². The maximum atomic E-state index is 11.6. The lowest BCUT2D eigenvalue weighted by Crippen LogP contribution is -2.36. The molecule has 1 unspecified atom stereocenters. The van der Waals surface area contributed by atoms with E-state index in [1.54, 1.807) is 0 Å². The summed E-state index contributed by atoms with van der Waals surface area (Å²) < 4.78 is 0. The zero-order valence-electron chi connectivity index (χ0n) is 9.10. The number of aromatic hydroxyl groups is 2. The summed E-state index contributed by atoms with van der Waals surface area (Å²) in [6.07, 6.45) is 0.769. The molecule has 0 aliphatic heterocycles. The molecule has 0 radical (unpaired) electrons. The minimum atomic E-state index is -0.366. The summed E-state index contributed by atoms with van der Waals surface area (Å²) in [6, 6.07) is 3.64. The van der Waals surface area contributed by atoms with Gasteiger partial charge in [0.2, 0.25) is 0 Å². The van der Waals surface area contributed by atoms with Crippen LogP contribution in [0.5, 0.6) is 11.5 Å². The van der Waals surface area contributed by atoms with E-state index in [1.807, 2.05) is 6.92 Å². The van der Waals surface area contributed by atoms with Crippen LogP contribution in [0.15, 0.2) is 18.2 Å². The van der Waals surface area contributed by atoms with Gasteiger partial charge in [0, 0.05) is 24.2 Å². The standard InChI is InChI=1S/C11H16N2O3/c1-2-8(12)6-13-11(16)7-3-9(14)5-10(15)4-7/h3-5,8,14-15H,2,6,12H2,1H3,(H,13,16). The summed E-state index contributed by atoms with van der Waals surface area (Å²) in [5, 5.41) is 21.0. The van der Waals surface area contributed by atoms with Crippen LogP contribution in [-0.2, 0) is 0 Å². The summed E-state index contributed by atoms with van der Waals surface area (Å²) >= 11 is 0. The van der Waals surface area contributed by atoms with Crippen molar-refractivity contribution in [2.45, 2.75) is 19.4 Å². The maximum Gasteiger partial charge on any atom is 0.251 e. The summed E-state index contributed by atoms with van der Waals surface area (Å²) in [5.74, 6) is -0.662. The number of nitrogens with one attached hydrogen (secondary N) is 1. The zero-order valence-corrected chi connectivity index (χ0v) is 9.10. The summed E-state index contributed by atoms with van der Waals surface area (Å²) in [7, 11) is 0. The van der Waals surface area contributed by atoms with Crippen LogP contribution in [0.3, 0.4) is 0 Å². The van der Waals surface area contributed by atoms with Crippen molar-refractivity contribution in [2.75, 3.05) is 6.54 Å². The van der Waals surface area contributed by atoms with Crippen LogP contribution >= 0.6 is 0 Å². The Bertz CT molecular complexity index is 359. The van der Waals surface area contributed by atoms with Crippen molar-refractivity contribution in [3.05, 3.63) is 23.8 Å². The number of rotatable bonds is 4. The lowest BCUT2D eigenvalue weighted by molar-refractivity contribution is 0.0950. The Kier molecular flexibility index (Phi) is 4.13. The average Bonchev–Trinajstić information content (AvgIpc) is 2.23. The molecule has 0 saturated carbocycles. The van der Waals surface area contributed by atoms with Gasteiger partial charge in [-0.3, -0.25) is 4.79 Å². The number of phenolic OH excluding ortho intramolecular Hbond substituents is 2. The van der Waals surface area contributed by atoms with E-state index in [0.29, 0.717) is 6.54 Å². The zero-order chi connectivity index (χ0) is 12.1. The molecule has 1 rings (SSSR count). The quantitative estimate of drug-likeness (QED) is 0.601. The number of carbonyl (C=O) groups is 1. The number of carbonyl (C=O) groups excluding carboxylic acids is 1. The van der Waals surface area contributed by atoms with E-state index in [2.05, 4.69) is 5.32 Å². The van der Waals surface area contributed by atoms with Crippen molar-refractivity contribution in [3.63, 3.8) is 0 Å². The molecule has 0 spiro atoms. The third-order valence-corrected chi connectivity index (χ3v) is 2.21. The summed E-state index contributed by atoms with van der Waals surface area (Å²) in [4.78, 5) is 11.6. The molecule has 0 heterocycles. The minimum Gasteiger partial charge on any atom is -0.508 e. The number of nitrogens with two attached hydrogens (primary N) is 1. The summed E-state index contributed by atoms with van der Waals surface area (Å²) in [5.41, 5.74) is 5.85. The number of hydrogen-bond donors (Lipinski definition) is 4. The monoisotopic (exact) mass is 224 g/mol. The van der Waals surface area contributed by atoms with Gasteiger partial charge in [0.25, 0.3) is 5.91 Å². The second kappa shape index (κ2) is 5.37. The molecule has 5 nitrogen and oxygen atoms in total. The van der Waals surface area contributed by atoms with E-state index in [9.17, 15) is 15.0 Å². The van der Waals surface area contributed by atoms with Crippen molar-refractivity contribution in [3.8, 4) is 11.5 Å². The maximum absolute atomic E-state index is 11.6. The number of amides is 1. The number of hydrogen-bond acceptors (Lipinski definition) is 4. The first-order chi connectivity index (χ1) is 7.52. The molecule has 1 amide bonds. The largest absolute Gasteiger partial charge is 0.508 e. The van der Waals surface area contributed by atoms with Crippen LogP contribution in [0.25, 0.3) is 0 Å². The van der Waals surface area contributed by atoms with Crippen molar-refractivity contribution in [1.82, 2.24) is 5.32 Å². The van der Waals surface area contributed by atoms with E-state index in [-0.39, 0.29) is 29.0 Å². The highest BCUT2D eigenvalue weighted by Crippen LogP contribution is 2.20. The molecular formula is C11H16N2O3. The molecule has 0 aliphatic carbocycles. The third-order valence-electron chi connectivity index (χ3n) is 2.21. The van der Waals surface area contributed by atoms with Gasteiger partial charge in [-0.2, -0.15) is 0 Å². The smallest absolute Gasteiger partial charge is 0.251 e. The molecule has 0 bridgehead atoms. The molecule has 5 N–H and O–H groups in total. The van der Waals surface area contributed by atoms with Crippen LogP contribution in [-0.4, -0.2) is 28.7 Å². The minimum absolute atomic E-state index is 0.0881. The first kappa shape index (κ1) is 12.3. The van der Waals surface area contributed by atoms with Gasteiger partial charge in [-0.05, 0) is 18.6 Å². The molecular weight excluding hydrogens is 208 g/mol. The van der Waals surface area contributed by atoms with Gasteiger partial charge in [-0.25, -0.2) is 0 Å². The highest BCUT2D eigenvalue weighted by Gasteiger charge is 2.09. The highest BCUT2D eigenvalue weighted by atomic mass is 16.3. The van der Waals surface area contributed by atoms with Crippen molar-refractivity contribution in [1.29, 1.82) is 0 Å². The predicted octanol–water partition coefficient (Wildman–Crippen LogP) is 0.565. The predicted molar refractivity (Wildman–Crippen MR) is 60.4 cm³/mol. The molecule has 0 fully saturated rings. The fraction of sp³-hybridized carbons (Fsp3) is 0.364. The average molecular weight is 224 g/mol. The topological polar surface area (TPSA) is 95.6 Å². The fourth-order valence-electron chi connectivity index (χ4n) is 1.20. The number of benzene rings is 1. The first-order valence-electron chi connectivity index (χ1n) is 5.09. The second-order valence-electron chi connectivity index (χ2n) is 3.62. The van der Waals surface area contributed by atoms with E-state index in [0.717, 1.165) is 12.5 Å². The molecule has 88 valence electrons. The van der Waals surface area contributed by atoms with Crippen LogP contribution in [0.1, 0.15) is 23.7 Å². The lowest BCUT2D eigenvalue weighted by Gasteiger charge is -2.10. The van der Waals surface area contributed by atoms with Crippen molar-refractivity contribution >= 4 is 5.91 Å². The lowest BCUT2D eigenvalue weighted by atomic mass is 10.1. The van der Waals surface area contributed by atoms with E-state index >= 15 is 0 Å². The number of phenols is 2. The van der Waals surface area contributed by atoms with Gasteiger partial charge in [-0.15, -0.1) is 0 Å². The van der Waals surface area contributed by atoms with Crippen molar-refractivity contribution < 1.29 is 15.0 Å². The SMILES string of the molecule is CCC(N)CNC(=O)c1cc(O)cc(O)c1. The Balaban J connectivity index is 2.66. The van der Waals surface area contributed by atoms with Gasteiger partial charge in [-0.1, -0.05) is 6.92 Å². The molecule has 0 aromatic heterocycles. The Labute approximate surface area is 93.9 Å². The second-order valence-corrected chi connectivity index (χ2v) is 3.62. The molecule has 5 heteroatoms. The van der Waals surface area contributed by atoms with Crippen LogP contribution in [0, 0.1) is 0 Å². The molecule has 1 atom stereocenters. The Morgan fingerprint density at radius 3 is 2.44 bits per heavy atom. The summed E-state index contributed by atoms with van der Waals surface area (Å²) in [6.45, 7) is 2.29. The van der Waals surface area contributed by atoms with Crippen LogP contribution in [0.4, 0.5) is 0 Å². The van der Waals surface area contributed by atoms with Gasteiger partial charge in [0.15, 0.2) is 0 Å². The highest BCUT2D eigenvalue weighted by molar-refractivity contribution is 5.95. The van der Waals surface area contributed by atoms with Crippen LogP contribution < -0.4 is 11.1 Å². The Morgan fingerprint density at radius 2 is 1.94 bits per heavy atom.